The number of rotatable bonds is 20. The lowest BCUT2D eigenvalue weighted by molar-refractivity contribution is -0.140. The van der Waals surface area contributed by atoms with Crippen molar-refractivity contribution in [2.24, 2.45) is 10.8 Å². The lowest BCUT2D eigenvalue weighted by atomic mass is 9.74. The van der Waals surface area contributed by atoms with E-state index in [2.05, 4.69) is 27.7 Å². The molecule has 0 saturated carbocycles. The molecule has 0 rings (SSSR count). The zero-order chi connectivity index (χ0) is 21.3. The van der Waals surface area contributed by atoms with E-state index >= 15 is 0 Å². The second-order valence-corrected chi connectivity index (χ2v) is 8.69. The van der Waals surface area contributed by atoms with Gasteiger partial charge in [0.15, 0.2) is 0 Å². The third-order valence-corrected chi connectivity index (χ3v) is 7.13. The molecule has 0 radical (unpaired) electrons. The average Bonchev–Trinajstić information content (AvgIpc) is 2.70. The van der Waals surface area contributed by atoms with E-state index in [0.717, 1.165) is 64.6 Å². The molecule has 0 fully saturated rings. The molecule has 0 aromatic rings. The molecule has 0 heterocycles. The highest BCUT2D eigenvalue weighted by Gasteiger charge is 2.28. The predicted octanol–water partition coefficient (Wildman–Crippen LogP) is 6.59. The summed E-state index contributed by atoms with van der Waals surface area (Å²) in [5.74, 6) is -0.674. The third-order valence-electron chi connectivity index (χ3n) is 7.13. The van der Waals surface area contributed by atoms with Gasteiger partial charge in [-0.25, -0.2) is 0 Å². The van der Waals surface area contributed by atoms with Crippen molar-refractivity contribution in [2.75, 3.05) is 19.8 Å². The van der Waals surface area contributed by atoms with E-state index in [-0.39, 0.29) is 11.8 Å². The van der Waals surface area contributed by atoms with Gasteiger partial charge in [0.1, 0.15) is 0 Å². The van der Waals surface area contributed by atoms with Crippen LogP contribution in [0.4, 0.5) is 0 Å². The van der Waals surface area contributed by atoms with E-state index in [1.54, 1.807) is 0 Å². The minimum absolute atomic E-state index is 0.0362. The number of unbranched alkanes of at least 4 members (excludes halogenated alkanes) is 3. The molecule has 0 aromatic heterocycles. The number of carboxylic acid groups (broad SMARTS) is 1. The first-order valence-electron chi connectivity index (χ1n) is 11.8. The molecule has 168 valence electrons. The Labute approximate surface area is 174 Å². The first-order chi connectivity index (χ1) is 13.4. The molecule has 0 atom stereocenters. The number of ether oxygens (including phenoxy) is 1. The number of carbonyl (C=O) groups is 1. The van der Waals surface area contributed by atoms with Gasteiger partial charge in [-0.2, -0.15) is 0 Å². The zero-order valence-electron chi connectivity index (χ0n) is 19.2. The van der Waals surface area contributed by atoms with Crippen LogP contribution in [0, 0.1) is 10.8 Å². The minimum Gasteiger partial charge on any atom is -0.481 e. The van der Waals surface area contributed by atoms with Gasteiger partial charge in [0.2, 0.25) is 0 Å². The molecule has 0 spiro atoms. The molecule has 0 unspecified atom stereocenters. The summed E-state index contributed by atoms with van der Waals surface area (Å²) in [6, 6.07) is 0. The summed E-state index contributed by atoms with van der Waals surface area (Å²) >= 11 is 0. The van der Waals surface area contributed by atoms with Crippen LogP contribution in [-0.2, 0) is 9.53 Å². The molecular weight excluding hydrogens is 352 g/mol. The highest BCUT2D eigenvalue weighted by atomic mass is 16.5. The van der Waals surface area contributed by atoms with Crippen molar-refractivity contribution in [1.29, 1.82) is 0 Å². The molecular formula is C24H48O4. The molecule has 0 aromatic carbocycles. The quantitative estimate of drug-likeness (QED) is 0.226. The van der Waals surface area contributed by atoms with Gasteiger partial charge in [-0.15, -0.1) is 0 Å². The van der Waals surface area contributed by atoms with Crippen LogP contribution >= 0.6 is 0 Å². The number of hydrogen-bond donors (Lipinski definition) is 2. The van der Waals surface area contributed by atoms with E-state index < -0.39 is 5.97 Å². The second-order valence-electron chi connectivity index (χ2n) is 8.69. The molecule has 28 heavy (non-hydrogen) atoms. The molecule has 0 saturated heterocycles. The molecule has 0 aliphatic carbocycles. The summed E-state index contributed by atoms with van der Waals surface area (Å²) in [7, 11) is 0. The molecule has 0 aliphatic rings. The smallest absolute Gasteiger partial charge is 0.303 e. The van der Waals surface area contributed by atoms with Crippen molar-refractivity contribution in [3.8, 4) is 0 Å². The van der Waals surface area contributed by atoms with Crippen molar-refractivity contribution in [3.63, 3.8) is 0 Å². The first kappa shape index (κ1) is 27.4. The topological polar surface area (TPSA) is 66.8 Å². The van der Waals surface area contributed by atoms with E-state index in [1.807, 2.05) is 0 Å². The summed E-state index contributed by atoms with van der Waals surface area (Å²) in [5, 5.41) is 18.2. The second kappa shape index (κ2) is 16.2. The van der Waals surface area contributed by atoms with E-state index in [1.165, 1.54) is 32.1 Å². The van der Waals surface area contributed by atoms with Gasteiger partial charge >= 0.3 is 5.97 Å². The summed E-state index contributed by atoms with van der Waals surface area (Å²) in [4.78, 5) is 11.1. The molecule has 0 amide bonds. The fourth-order valence-corrected chi connectivity index (χ4v) is 4.47. The van der Waals surface area contributed by atoms with Crippen molar-refractivity contribution < 1.29 is 19.7 Å². The Morgan fingerprint density at radius 1 is 0.714 bits per heavy atom. The van der Waals surface area contributed by atoms with Crippen molar-refractivity contribution in [2.45, 2.75) is 118 Å². The Balaban J connectivity index is 3.91. The summed E-state index contributed by atoms with van der Waals surface area (Å²) in [5.41, 5.74) is 0.411. The molecule has 4 nitrogen and oxygen atoms in total. The van der Waals surface area contributed by atoms with Crippen LogP contribution in [0.3, 0.4) is 0 Å². The Hall–Kier alpha value is -0.610. The lowest BCUT2D eigenvalue weighted by Gasteiger charge is -2.32. The predicted molar refractivity (Wildman–Crippen MR) is 118 cm³/mol. The van der Waals surface area contributed by atoms with Gasteiger partial charge in [0.25, 0.3) is 0 Å². The standard InChI is InChI=1S/C24H48O4/c1-5-23(6-2,15-9-12-18-25)16-10-13-19-28-20-14-11-17-24(7-3,8-4)21-22(26)27/h25H,5-21H2,1-4H3,(H,26,27). The monoisotopic (exact) mass is 400 g/mol. The van der Waals surface area contributed by atoms with Crippen LogP contribution in [0.5, 0.6) is 0 Å². The van der Waals surface area contributed by atoms with Crippen LogP contribution in [0.25, 0.3) is 0 Å². The normalized spacial score (nSPS) is 12.5. The van der Waals surface area contributed by atoms with Gasteiger partial charge in [0.05, 0.1) is 6.42 Å². The van der Waals surface area contributed by atoms with Crippen molar-refractivity contribution in [3.05, 3.63) is 0 Å². The Morgan fingerprint density at radius 2 is 1.14 bits per heavy atom. The van der Waals surface area contributed by atoms with Crippen LogP contribution in [-0.4, -0.2) is 36.0 Å². The lowest BCUT2D eigenvalue weighted by Crippen LogP contribution is -2.23. The van der Waals surface area contributed by atoms with E-state index in [4.69, 9.17) is 14.9 Å². The number of aliphatic hydroxyl groups excluding tert-OH is 1. The number of aliphatic hydroxyl groups is 1. The Morgan fingerprint density at radius 3 is 1.54 bits per heavy atom. The molecule has 0 aliphatic heterocycles. The van der Waals surface area contributed by atoms with Gasteiger partial charge in [-0.1, -0.05) is 59.8 Å². The van der Waals surface area contributed by atoms with E-state index in [9.17, 15) is 4.79 Å². The number of hydrogen-bond acceptors (Lipinski definition) is 3. The summed E-state index contributed by atoms with van der Waals surface area (Å²) in [6.45, 7) is 10.8. The molecule has 4 heteroatoms. The SMILES string of the molecule is CCC(CC)(CCCCO)CCCCOCCCCC(CC)(CC)CC(=O)O. The maximum absolute atomic E-state index is 11.1. The van der Waals surface area contributed by atoms with Crippen LogP contribution in [0.2, 0.25) is 0 Å². The molecule has 0 bridgehead atoms. The number of carboxylic acids is 1. The zero-order valence-corrected chi connectivity index (χ0v) is 19.2. The van der Waals surface area contributed by atoms with Crippen LogP contribution in [0.1, 0.15) is 118 Å². The largest absolute Gasteiger partial charge is 0.481 e. The van der Waals surface area contributed by atoms with Gasteiger partial charge in [0, 0.05) is 19.8 Å². The number of aliphatic carboxylic acids is 1. The van der Waals surface area contributed by atoms with Crippen molar-refractivity contribution >= 4 is 5.97 Å². The van der Waals surface area contributed by atoms with Crippen molar-refractivity contribution in [1.82, 2.24) is 0 Å². The fraction of sp³-hybridized carbons (Fsp3) is 0.958. The third kappa shape index (κ3) is 11.4. The molecule has 2 N–H and O–H groups in total. The van der Waals surface area contributed by atoms with Gasteiger partial charge < -0.3 is 14.9 Å². The maximum Gasteiger partial charge on any atom is 0.303 e. The van der Waals surface area contributed by atoms with Crippen LogP contribution in [0.15, 0.2) is 0 Å². The summed E-state index contributed by atoms with van der Waals surface area (Å²) in [6.07, 6.45) is 14.6. The Kier molecular flexibility index (Phi) is 15.9. The maximum atomic E-state index is 11.1. The van der Waals surface area contributed by atoms with E-state index in [0.29, 0.717) is 12.0 Å². The highest BCUT2D eigenvalue weighted by molar-refractivity contribution is 5.67. The van der Waals surface area contributed by atoms with Crippen LogP contribution < -0.4 is 0 Å². The highest BCUT2D eigenvalue weighted by Crippen LogP contribution is 2.38. The first-order valence-corrected chi connectivity index (χ1v) is 11.8. The fourth-order valence-electron chi connectivity index (χ4n) is 4.47. The Bertz CT molecular complexity index is 373. The van der Waals surface area contributed by atoms with Gasteiger partial charge in [-0.05, 0) is 62.2 Å². The summed E-state index contributed by atoms with van der Waals surface area (Å²) < 4.78 is 5.83. The van der Waals surface area contributed by atoms with Gasteiger partial charge in [-0.3, -0.25) is 4.79 Å². The average molecular weight is 401 g/mol. The minimum atomic E-state index is -0.674.